The van der Waals surface area contributed by atoms with E-state index in [-0.39, 0.29) is 46.1 Å². The number of hydrogen-bond acceptors (Lipinski definition) is 11. The molecule has 0 bridgehead atoms. The number of ether oxygens (including phenoxy) is 2. The second-order valence-electron chi connectivity index (χ2n) is 10.9. The molecule has 3 N–H and O–H groups in total. The minimum atomic E-state index is -3.65. The van der Waals surface area contributed by atoms with Crippen molar-refractivity contribution < 1.29 is 27.1 Å². The molecule has 4 heterocycles. The summed E-state index contributed by atoms with van der Waals surface area (Å²) in [5, 5.41) is 2.70. The second-order valence-corrected chi connectivity index (χ2v) is 13.0. The number of amides is 1. The standard InChI is InChI=1S/C34H31FN8O5S/c1-4-24-29-32(33(36)40-19-39-29)43(22-10-11-26(25(35)17-22)48-34-37-14-12-20(2)41-34)31(24)30-27(47-3)16-21(18-38-30)42-28(44)13-15-49(45,46)23-8-6-5-7-9-23/h5-12,14,16-19H,4,13,15H2,1-3H3,(H,42,44)(H2,36,39,40). The van der Waals surface area contributed by atoms with Crippen molar-refractivity contribution in [2.45, 2.75) is 31.6 Å². The van der Waals surface area contributed by atoms with Gasteiger partial charge in [0.2, 0.25) is 5.91 Å². The monoisotopic (exact) mass is 682 g/mol. The predicted octanol–water partition coefficient (Wildman–Crippen LogP) is 5.47. The third-order valence-corrected chi connectivity index (χ3v) is 9.38. The number of carbonyl (C=O) groups is 1. The molecule has 0 atom stereocenters. The maximum absolute atomic E-state index is 15.6. The number of aryl methyl sites for hydroxylation is 2. The van der Waals surface area contributed by atoms with E-state index in [0.717, 1.165) is 5.56 Å². The van der Waals surface area contributed by atoms with Gasteiger partial charge >= 0.3 is 6.01 Å². The quantitative estimate of drug-likeness (QED) is 0.177. The molecule has 6 rings (SSSR count). The van der Waals surface area contributed by atoms with Crippen molar-refractivity contribution in [2.75, 3.05) is 23.9 Å². The first-order valence-electron chi connectivity index (χ1n) is 15.1. The van der Waals surface area contributed by atoms with Gasteiger partial charge in [-0.3, -0.25) is 4.79 Å². The average Bonchev–Trinajstić information content (AvgIpc) is 3.44. The molecule has 6 aromatic rings. The van der Waals surface area contributed by atoms with E-state index in [9.17, 15) is 13.2 Å². The van der Waals surface area contributed by atoms with Crippen molar-refractivity contribution in [3.63, 3.8) is 0 Å². The molecule has 250 valence electrons. The number of methoxy groups -OCH3 is 1. The normalized spacial score (nSPS) is 11.4. The molecule has 0 aliphatic rings. The fraction of sp³-hybridized carbons (Fsp3) is 0.176. The first kappa shape index (κ1) is 33.0. The Labute approximate surface area is 280 Å². The Bertz CT molecular complexity index is 2300. The summed E-state index contributed by atoms with van der Waals surface area (Å²) in [5.41, 5.74) is 10.3. The molecule has 0 saturated heterocycles. The second kappa shape index (κ2) is 13.6. The highest BCUT2D eigenvalue weighted by molar-refractivity contribution is 7.91. The molecule has 0 radical (unpaired) electrons. The molecule has 0 aliphatic heterocycles. The van der Waals surface area contributed by atoms with Crippen LogP contribution in [-0.2, 0) is 21.1 Å². The highest BCUT2D eigenvalue weighted by Crippen LogP contribution is 2.41. The number of benzene rings is 2. The van der Waals surface area contributed by atoms with Gasteiger partial charge in [-0.15, -0.1) is 0 Å². The number of nitrogens with one attached hydrogen (secondary N) is 1. The third kappa shape index (κ3) is 6.73. The summed E-state index contributed by atoms with van der Waals surface area (Å²) < 4.78 is 54.0. The van der Waals surface area contributed by atoms with Crippen LogP contribution in [0.25, 0.3) is 28.1 Å². The summed E-state index contributed by atoms with van der Waals surface area (Å²) in [7, 11) is -2.20. The number of nitrogens with two attached hydrogens (primary N) is 1. The van der Waals surface area contributed by atoms with E-state index in [0.29, 0.717) is 40.2 Å². The van der Waals surface area contributed by atoms with Crippen LogP contribution < -0.4 is 20.5 Å². The summed E-state index contributed by atoms with van der Waals surface area (Å²) in [6, 6.07) is 15.6. The molecule has 15 heteroatoms. The van der Waals surface area contributed by atoms with Gasteiger partial charge in [-0.25, -0.2) is 37.7 Å². The van der Waals surface area contributed by atoms with Crippen molar-refractivity contribution in [2.24, 2.45) is 0 Å². The molecule has 0 spiro atoms. The molecule has 2 aromatic carbocycles. The number of fused-ring (bicyclic) bond motifs is 1. The lowest BCUT2D eigenvalue weighted by Gasteiger charge is -2.16. The van der Waals surface area contributed by atoms with Crippen LogP contribution in [0.4, 0.5) is 15.9 Å². The van der Waals surface area contributed by atoms with Crippen molar-refractivity contribution >= 4 is 38.3 Å². The number of sulfone groups is 1. The smallest absolute Gasteiger partial charge is 0.322 e. The van der Waals surface area contributed by atoms with Crippen molar-refractivity contribution in [3.05, 3.63) is 96.5 Å². The highest BCUT2D eigenvalue weighted by atomic mass is 32.2. The molecule has 13 nitrogen and oxygen atoms in total. The molecule has 0 fully saturated rings. The summed E-state index contributed by atoms with van der Waals surface area (Å²) in [6.07, 6.45) is 4.52. The summed E-state index contributed by atoms with van der Waals surface area (Å²) >= 11 is 0. The zero-order valence-corrected chi connectivity index (χ0v) is 27.5. The number of aromatic nitrogens is 6. The van der Waals surface area contributed by atoms with E-state index >= 15 is 4.39 Å². The Morgan fingerprint density at radius 2 is 1.82 bits per heavy atom. The van der Waals surface area contributed by atoms with E-state index in [1.807, 2.05) is 6.92 Å². The number of rotatable bonds is 11. The van der Waals surface area contributed by atoms with Gasteiger partial charge in [-0.05, 0) is 43.7 Å². The third-order valence-electron chi connectivity index (χ3n) is 7.65. The summed E-state index contributed by atoms with van der Waals surface area (Å²) in [4.78, 5) is 34.5. The fourth-order valence-corrected chi connectivity index (χ4v) is 6.62. The van der Waals surface area contributed by atoms with E-state index in [4.69, 9.17) is 15.2 Å². The lowest BCUT2D eigenvalue weighted by atomic mass is 10.1. The van der Waals surface area contributed by atoms with Crippen LogP contribution in [0.2, 0.25) is 0 Å². The van der Waals surface area contributed by atoms with Crippen LogP contribution in [0, 0.1) is 12.7 Å². The van der Waals surface area contributed by atoms with Crippen LogP contribution >= 0.6 is 0 Å². The van der Waals surface area contributed by atoms with Crippen molar-refractivity contribution in [1.82, 2.24) is 29.5 Å². The molecule has 49 heavy (non-hydrogen) atoms. The van der Waals surface area contributed by atoms with E-state index in [1.54, 1.807) is 47.9 Å². The molecule has 4 aromatic heterocycles. The van der Waals surface area contributed by atoms with Gasteiger partial charge in [0.05, 0.1) is 40.9 Å². The SMILES string of the molecule is CCc1c(-c2ncc(NC(=O)CCS(=O)(=O)c3ccccc3)cc2OC)n(-c2ccc(Oc3nccc(C)n3)c(F)c2)c2c(N)ncnc12. The lowest BCUT2D eigenvalue weighted by molar-refractivity contribution is -0.115. The minimum Gasteiger partial charge on any atom is -0.494 e. The minimum absolute atomic E-state index is 0.00334. The Morgan fingerprint density at radius 1 is 1.02 bits per heavy atom. The molecule has 0 aliphatic carbocycles. The number of halogens is 1. The van der Waals surface area contributed by atoms with Gasteiger partial charge in [0.25, 0.3) is 0 Å². The van der Waals surface area contributed by atoms with Crippen LogP contribution in [0.15, 0.2) is 84.3 Å². The molecule has 1 amide bonds. The van der Waals surface area contributed by atoms with Gasteiger partial charge in [0.1, 0.15) is 23.3 Å². The first-order valence-corrected chi connectivity index (χ1v) is 16.8. The van der Waals surface area contributed by atoms with Crippen LogP contribution in [0.5, 0.6) is 17.5 Å². The summed E-state index contributed by atoms with van der Waals surface area (Å²) in [5.74, 6) is -1.22. The Morgan fingerprint density at radius 3 is 2.53 bits per heavy atom. The van der Waals surface area contributed by atoms with Crippen molar-refractivity contribution in [1.29, 1.82) is 0 Å². The topological polar surface area (TPSA) is 177 Å². The first-order chi connectivity index (χ1) is 23.6. The van der Waals surface area contributed by atoms with Gasteiger partial charge in [-0.1, -0.05) is 25.1 Å². The van der Waals surface area contributed by atoms with E-state index in [2.05, 4.69) is 30.2 Å². The highest BCUT2D eigenvalue weighted by Gasteiger charge is 2.26. The van der Waals surface area contributed by atoms with Crippen LogP contribution in [-0.4, -0.2) is 56.7 Å². The predicted molar refractivity (Wildman–Crippen MR) is 181 cm³/mol. The molecule has 0 unspecified atom stereocenters. The van der Waals surface area contributed by atoms with Crippen LogP contribution in [0.3, 0.4) is 0 Å². The van der Waals surface area contributed by atoms with Crippen LogP contribution in [0.1, 0.15) is 24.6 Å². The summed E-state index contributed by atoms with van der Waals surface area (Å²) in [6.45, 7) is 3.71. The number of hydrogen-bond donors (Lipinski definition) is 2. The zero-order valence-electron chi connectivity index (χ0n) is 26.7. The Kier molecular flexibility index (Phi) is 9.18. The average molecular weight is 683 g/mol. The Hall–Kier alpha value is -5.96. The fourth-order valence-electron chi connectivity index (χ4n) is 5.36. The lowest BCUT2D eigenvalue weighted by Crippen LogP contribution is -2.17. The number of nitrogens with zero attached hydrogens (tertiary/aromatic N) is 6. The largest absolute Gasteiger partial charge is 0.494 e. The Balaban J connectivity index is 1.37. The zero-order chi connectivity index (χ0) is 34.7. The van der Waals surface area contributed by atoms with E-state index in [1.165, 1.54) is 50.1 Å². The van der Waals surface area contributed by atoms with Gasteiger partial charge in [0, 0.05) is 41.7 Å². The molecular formula is C34H31FN8O5S. The van der Waals surface area contributed by atoms with Crippen molar-refractivity contribution in [3.8, 4) is 34.6 Å². The number of nitrogen functional groups attached to an aromatic ring is 1. The van der Waals surface area contributed by atoms with Gasteiger partial charge in [-0.2, -0.15) is 0 Å². The van der Waals surface area contributed by atoms with Gasteiger partial charge in [0.15, 0.2) is 27.2 Å². The van der Waals surface area contributed by atoms with E-state index < -0.39 is 21.6 Å². The molecule has 0 saturated carbocycles. The maximum atomic E-state index is 15.6. The molecular weight excluding hydrogens is 651 g/mol. The number of carbonyl (C=O) groups excluding carboxylic acids is 1. The number of anilines is 2. The number of pyridine rings is 1. The van der Waals surface area contributed by atoms with Gasteiger partial charge < -0.3 is 25.1 Å². The maximum Gasteiger partial charge on any atom is 0.322 e.